The van der Waals surface area contributed by atoms with E-state index in [0.29, 0.717) is 16.8 Å². The summed E-state index contributed by atoms with van der Waals surface area (Å²) in [4.78, 5) is 61.1. The van der Waals surface area contributed by atoms with Gasteiger partial charge in [-0.25, -0.2) is 4.79 Å². The van der Waals surface area contributed by atoms with Gasteiger partial charge in [0.05, 0.1) is 12.0 Å². The lowest BCUT2D eigenvalue weighted by atomic mass is 10.1. The highest BCUT2D eigenvalue weighted by Gasteiger charge is 2.20. The molecule has 196 valence electrons. The standard InChI is InChI=1S/C30H29NO7/c1-19-4-8-22(9-5-19)26(32)18-37-30(36)24-12-14-25(15-13-24)31-27(33)16-17-28(34)38-21(3)29(35)23-10-6-20(2)7-11-23/h4-15,21H,16-18H2,1-3H3,(H,31,33)/t21-/m1/s1. The van der Waals surface area contributed by atoms with Crippen LogP contribution >= 0.6 is 0 Å². The topological polar surface area (TPSA) is 116 Å². The third-order valence-electron chi connectivity index (χ3n) is 5.68. The van der Waals surface area contributed by atoms with Gasteiger partial charge in [-0.1, -0.05) is 59.7 Å². The van der Waals surface area contributed by atoms with Crippen molar-refractivity contribution < 1.29 is 33.4 Å². The molecule has 0 heterocycles. The van der Waals surface area contributed by atoms with Crippen LogP contribution in [-0.4, -0.2) is 42.1 Å². The normalized spacial score (nSPS) is 11.2. The lowest BCUT2D eigenvalue weighted by Gasteiger charge is -2.12. The maximum atomic E-state index is 12.4. The fourth-order valence-corrected chi connectivity index (χ4v) is 3.43. The van der Waals surface area contributed by atoms with Gasteiger partial charge in [-0.15, -0.1) is 0 Å². The molecule has 0 saturated carbocycles. The summed E-state index contributed by atoms with van der Waals surface area (Å²) >= 11 is 0. The molecular formula is C30H29NO7. The molecule has 0 spiro atoms. The van der Waals surface area contributed by atoms with E-state index in [2.05, 4.69) is 5.32 Å². The highest BCUT2D eigenvalue weighted by molar-refractivity contribution is 6.01. The lowest BCUT2D eigenvalue weighted by Crippen LogP contribution is -2.25. The third kappa shape index (κ3) is 8.23. The molecule has 0 aromatic heterocycles. The second kappa shape index (κ2) is 13.1. The zero-order chi connectivity index (χ0) is 27.7. The summed E-state index contributed by atoms with van der Waals surface area (Å²) < 4.78 is 10.3. The van der Waals surface area contributed by atoms with E-state index in [-0.39, 0.29) is 36.6 Å². The van der Waals surface area contributed by atoms with Gasteiger partial charge in [0, 0.05) is 23.2 Å². The zero-order valence-corrected chi connectivity index (χ0v) is 21.5. The minimum absolute atomic E-state index is 0.144. The van der Waals surface area contributed by atoms with Gasteiger partial charge in [-0.05, 0) is 45.0 Å². The second-order valence-corrected chi connectivity index (χ2v) is 8.85. The summed E-state index contributed by atoms with van der Waals surface area (Å²) in [5, 5.41) is 2.63. The first-order valence-electron chi connectivity index (χ1n) is 12.1. The number of hydrogen-bond donors (Lipinski definition) is 1. The Balaban J connectivity index is 1.41. The number of anilines is 1. The number of esters is 2. The van der Waals surface area contributed by atoms with Crippen molar-refractivity contribution >= 4 is 35.1 Å². The number of rotatable bonds is 11. The van der Waals surface area contributed by atoms with Crippen LogP contribution in [0.25, 0.3) is 0 Å². The maximum Gasteiger partial charge on any atom is 0.338 e. The Hall–Kier alpha value is -4.59. The molecule has 0 fully saturated rings. The van der Waals surface area contributed by atoms with Crippen LogP contribution in [0.15, 0.2) is 72.8 Å². The van der Waals surface area contributed by atoms with E-state index >= 15 is 0 Å². The van der Waals surface area contributed by atoms with Gasteiger partial charge in [-0.2, -0.15) is 0 Å². The molecule has 1 amide bonds. The Kier molecular flexibility index (Phi) is 9.65. The summed E-state index contributed by atoms with van der Waals surface area (Å²) in [5.41, 5.74) is 3.56. The Morgan fingerprint density at radius 1 is 0.711 bits per heavy atom. The molecule has 3 aromatic carbocycles. The summed E-state index contributed by atoms with van der Waals surface area (Å²) in [7, 11) is 0. The molecular weight excluding hydrogens is 486 g/mol. The van der Waals surface area contributed by atoms with E-state index in [1.165, 1.54) is 31.2 Å². The summed E-state index contributed by atoms with van der Waals surface area (Å²) in [6.45, 7) is 4.92. The van der Waals surface area contributed by atoms with Crippen molar-refractivity contribution in [3.8, 4) is 0 Å². The largest absolute Gasteiger partial charge is 0.454 e. The summed E-state index contributed by atoms with van der Waals surface area (Å²) in [6, 6.07) is 19.8. The van der Waals surface area contributed by atoms with Crippen LogP contribution in [0, 0.1) is 13.8 Å². The van der Waals surface area contributed by atoms with Crippen molar-refractivity contribution in [1.82, 2.24) is 0 Å². The summed E-state index contributed by atoms with van der Waals surface area (Å²) in [6.07, 6.45) is -1.31. The number of ketones is 2. The number of carbonyl (C=O) groups is 5. The molecule has 0 aliphatic heterocycles. The number of benzene rings is 3. The van der Waals surface area contributed by atoms with Crippen molar-refractivity contribution in [3.63, 3.8) is 0 Å². The van der Waals surface area contributed by atoms with Crippen molar-refractivity contribution in [2.45, 2.75) is 39.7 Å². The molecule has 3 rings (SSSR count). The van der Waals surface area contributed by atoms with E-state index < -0.39 is 23.9 Å². The molecule has 3 aromatic rings. The number of aryl methyl sites for hydroxylation is 2. The van der Waals surface area contributed by atoms with Crippen molar-refractivity contribution in [3.05, 3.63) is 101 Å². The minimum Gasteiger partial charge on any atom is -0.454 e. The first kappa shape index (κ1) is 28.0. The first-order chi connectivity index (χ1) is 18.1. The van der Waals surface area contributed by atoms with Crippen molar-refractivity contribution in [2.75, 3.05) is 11.9 Å². The fraction of sp³-hybridized carbons (Fsp3) is 0.233. The van der Waals surface area contributed by atoms with Crippen LogP contribution in [0.3, 0.4) is 0 Å². The maximum absolute atomic E-state index is 12.4. The molecule has 8 heteroatoms. The fourth-order valence-electron chi connectivity index (χ4n) is 3.43. The predicted octanol–water partition coefficient (Wildman–Crippen LogP) is 4.88. The highest BCUT2D eigenvalue weighted by Crippen LogP contribution is 2.13. The number of hydrogen-bond acceptors (Lipinski definition) is 7. The number of ether oxygens (including phenoxy) is 2. The number of nitrogens with one attached hydrogen (secondary N) is 1. The molecule has 38 heavy (non-hydrogen) atoms. The van der Waals surface area contributed by atoms with Gasteiger partial charge in [-0.3, -0.25) is 19.2 Å². The number of carbonyl (C=O) groups excluding carboxylic acids is 5. The van der Waals surface area contributed by atoms with Gasteiger partial charge < -0.3 is 14.8 Å². The molecule has 0 saturated heterocycles. The van der Waals surface area contributed by atoms with Gasteiger partial charge in [0.25, 0.3) is 0 Å². The molecule has 1 atom stereocenters. The lowest BCUT2D eigenvalue weighted by molar-refractivity contribution is -0.147. The summed E-state index contributed by atoms with van der Waals surface area (Å²) in [5.74, 6) is -2.39. The quantitative estimate of drug-likeness (QED) is 0.286. The Labute approximate surface area is 221 Å². The Morgan fingerprint density at radius 2 is 1.24 bits per heavy atom. The van der Waals surface area contributed by atoms with Crippen molar-refractivity contribution in [2.24, 2.45) is 0 Å². The van der Waals surface area contributed by atoms with Crippen LogP contribution in [0.1, 0.15) is 62.0 Å². The first-order valence-corrected chi connectivity index (χ1v) is 12.1. The van der Waals surface area contributed by atoms with Crippen LogP contribution in [0.5, 0.6) is 0 Å². The van der Waals surface area contributed by atoms with Gasteiger partial charge >= 0.3 is 11.9 Å². The van der Waals surface area contributed by atoms with Crippen LogP contribution in [-0.2, 0) is 19.1 Å². The Morgan fingerprint density at radius 3 is 1.82 bits per heavy atom. The molecule has 1 N–H and O–H groups in total. The van der Waals surface area contributed by atoms with E-state index in [4.69, 9.17) is 9.47 Å². The SMILES string of the molecule is Cc1ccc(C(=O)COC(=O)c2ccc(NC(=O)CCC(=O)O[C@H](C)C(=O)c3ccc(C)cc3)cc2)cc1. The average molecular weight is 516 g/mol. The molecule has 0 unspecified atom stereocenters. The van der Waals surface area contributed by atoms with Gasteiger partial charge in [0.2, 0.25) is 11.7 Å². The molecule has 0 aliphatic rings. The Bertz CT molecular complexity index is 1310. The third-order valence-corrected chi connectivity index (χ3v) is 5.68. The molecule has 0 radical (unpaired) electrons. The van der Waals surface area contributed by atoms with E-state index in [1.54, 1.807) is 48.5 Å². The molecule has 0 aliphatic carbocycles. The minimum atomic E-state index is -0.965. The highest BCUT2D eigenvalue weighted by atomic mass is 16.5. The van der Waals surface area contributed by atoms with Crippen LogP contribution < -0.4 is 5.32 Å². The van der Waals surface area contributed by atoms with Crippen molar-refractivity contribution in [1.29, 1.82) is 0 Å². The monoisotopic (exact) mass is 515 g/mol. The smallest absolute Gasteiger partial charge is 0.338 e. The number of Topliss-reactive ketones (excluding diaryl/α,β-unsaturated/α-hetero) is 2. The molecule has 8 nitrogen and oxygen atoms in total. The zero-order valence-electron chi connectivity index (χ0n) is 21.5. The number of amides is 1. The van der Waals surface area contributed by atoms with E-state index in [9.17, 15) is 24.0 Å². The molecule has 0 bridgehead atoms. The van der Waals surface area contributed by atoms with E-state index in [1.807, 2.05) is 13.8 Å². The second-order valence-electron chi connectivity index (χ2n) is 8.85. The predicted molar refractivity (Wildman–Crippen MR) is 141 cm³/mol. The van der Waals surface area contributed by atoms with Crippen LogP contribution in [0.2, 0.25) is 0 Å². The van der Waals surface area contributed by atoms with E-state index in [0.717, 1.165) is 11.1 Å². The average Bonchev–Trinajstić information content (AvgIpc) is 2.91. The van der Waals surface area contributed by atoms with Gasteiger partial charge in [0.1, 0.15) is 0 Å². The van der Waals surface area contributed by atoms with Crippen LogP contribution in [0.4, 0.5) is 5.69 Å². The van der Waals surface area contributed by atoms with Gasteiger partial charge in [0.15, 0.2) is 18.5 Å².